The van der Waals surface area contributed by atoms with Crippen LogP contribution in [0.5, 0.6) is 0 Å². The Morgan fingerprint density at radius 2 is 0.556 bits per heavy atom. The fourth-order valence-corrected chi connectivity index (χ4v) is 1.62. The first-order chi connectivity index (χ1) is 11.2. The van der Waals surface area contributed by atoms with Crippen molar-refractivity contribution in [1.82, 2.24) is 0 Å². The van der Waals surface area contributed by atoms with E-state index in [0.717, 1.165) is 0 Å². The molecule has 2 atom stereocenters. The van der Waals surface area contributed by atoms with Crippen molar-refractivity contribution >= 4 is 0 Å². The Hall–Kier alpha value is -1.20. The van der Waals surface area contributed by atoms with Gasteiger partial charge in [0.2, 0.25) is 11.2 Å². The molecule has 2 nitrogen and oxygen atoms in total. The molecule has 0 aromatic heterocycles. The monoisotopic (exact) mass is 448 g/mol. The van der Waals surface area contributed by atoms with Crippen LogP contribution >= 0.6 is 0 Å². The van der Waals surface area contributed by atoms with Gasteiger partial charge in [-0.2, -0.15) is 70.2 Å². The van der Waals surface area contributed by atoms with Crippen LogP contribution in [0.1, 0.15) is 6.42 Å². The summed E-state index contributed by atoms with van der Waals surface area (Å²) in [7, 11) is 0. The summed E-state index contributed by atoms with van der Waals surface area (Å²) in [6.45, 7) is 0. The zero-order valence-electron chi connectivity index (χ0n) is 11.6. The maximum atomic E-state index is 13.0. The van der Waals surface area contributed by atoms with Crippen LogP contribution in [0.3, 0.4) is 0 Å². The van der Waals surface area contributed by atoms with Gasteiger partial charge in [0.1, 0.15) is 0 Å². The normalized spacial score (nSPS) is 20.2. The van der Waals surface area contributed by atoms with Gasteiger partial charge in [0.25, 0.3) is 0 Å². The van der Waals surface area contributed by atoms with Crippen LogP contribution in [0.2, 0.25) is 0 Å². The standard InChI is InChI=1S/C9H4F16O2/c10-4(11,8(20,21)22)2(26,6(14,15)16)1-3(27,7(17,18)19)5(12,13)9(23,24)25/h26-27H,1H2. The third kappa shape index (κ3) is 3.73. The van der Waals surface area contributed by atoms with Crippen molar-refractivity contribution in [2.75, 3.05) is 0 Å². The summed E-state index contributed by atoms with van der Waals surface area (Å²) in [4.78, 5) is 0. The zero-order valence-corrected chi connectivity index (χ0v) is 11.6. The smallest absolute Gasteiger partial charge is 0.375 e. The van der Waals surface area contributed by atoms with Gasteiger partial charge >= 0.3 is 36.6 Å². The minimum atomic E-state index is -7.74. The van der Waals surface area contributed by atoms with Crippen LogP contribution in [-0.4, -0.2) is 58.0 Å². The summed E-state index contributed by atoms with van der Waals surface area (Å²) < 4.78 is 199. The second-order valence-corrected chi connectivity index (χ2v) is 5.04. The van der Waals surface area contributed by atoms with E-state index in [1.165, 1.54) is 0 Å². The predicted octanol–water partition coefficient (Wildman–Crippen LogP) is 4.36. The van der Waals surface area contributed by atoms with Crippen LogP contribution in [0.25, 0.3) is 0 Å². The zero-order chi connectivity index (χ0) is 22.7. The molecule has 0 amide bonds. The van der Waals surface area contributed by atoms with Gasteiger partial charge in [-0.3, -0.25) is 0 Å². The lowest BCUT2D eigenvalue weighted by Gasteiger charge is -2.45. The van der Waals surface area contributed by atoms with Crippen molar-refractivity contribution in [1.29, 1.82) is 0 Å². The maximum absolute atomic E-state index is 13.0. The number of hydrogen-bond donors (Lipinski definition) is 2. The van der Waals surface area contributed by atoms with E-state index in [0.29, 0.717) is 0 Å². The van der Waals surface area contributed by atoms with Gasteiger partial charge in [-0.05, 0) is 0 Å². The van der Waals surface area contributed by atoms with E-state index in [-0.39, 0.29) is 0 Å². The molecule has 0 radical (unpaired) electrons. The molecule has 0 spiro atoms. The molecule has 0 heterocycles. The summed E-state index contributed by atoms with van der Waals surface area (Å²) in [6, 6.07) is 0. The van der Waals surface area contributed by atoms with Crippen molar-refractivity contribution in [3.63, 3.8) is 0 Å². The highest BCUT2D eigenvalue weighted by atomic mass is 19.4. The van der Waals surface area contributed by atoms with E-state index < -0.39 is 54.2 Å². The molecule has 2 unspecified atom stereocenters. The van der Waals surface area contributed by atoms with Crippen molar-refractivity contribution in [3.05, 3.63) is 0 Å². The second kappa shape index (κ2) is 6.15. The van der Waals surface area contributed by atoms with Gasteiger partial charge in [0.15, 0.2) is 0 Å². The Bertz CT molecular complexity index is 490. The molecule has 0 aliphatic carbocycles. The third-order valence-electron chi connectivity index (χ3n) is 3.20. The molecule has 0 aromatic carbocycles. The van der Waals surface area contributed by atoms with Gasteiger partial charge in [-0.15, -0.1) is 0 Å². The van der Waals surface area contributed by atoms with Crippen LogP contribution in [0.15, 0.2) is 0 Å². The van der Waals surface area contributed by atoms with Crippen LogP contribution in [0.4, 0.5) is 70.2 Å². The van der Waals surface area contributed by atoms with Crippen molar-refractivity contribution < 1.29 is 80.5 Å². The maximum Gasteiger partial charge on any atom is 0.456 e. The Morgan fingerprint density at radius 1 is 0.370 bits per heavy atom. The number of rotatable bonds is 4. The number of hydrogen-bond acceptors (Lipinski definition) is 2. The second-order valence-electron chi connectivity index (χ2n) is 5.04. The summed E-state index contributed by atoms with van der Waals surface area (Å²) in [5, 5.41) is 17.2. The molecule has 0 saturated carbocycles. The molecule has 0 fully saturated rings. The highest BCUT2D eigenvalue weighted by Crippen LogP contribution is 2.59. The Labute approximate surface area is 136 Å². The largest absolute Gasteiger partial charge is 0.456 e. The summed E-state index contributed by atoms with van der Waals surface area (Å²) >= 11 is 0. The van der Waals surface area contributed by atoms with Gasteiger partial charge in [0.05, 0.1) is 0 Å². The predicted molar refractivity (Wildman–Crippen MR) is 48.6 cm³/mol. The van der Waals surface area contributed by atoms with Crippen molar-refractivity contribution in [2.24, 2.45) is 0 Å². The Balaban J connectivity index is 6.92. The molecule has 2 N–H and O–H groups in total. The Morgan fingerprint density at radius 3 is 0.667 bits per heavy atom. The quantitative estimate of drug-likeness (QED) is 0.628. The van der Waals surface area contributed by atoms with Gasteiger partial charge < -0.3 is 10.2 Å². The molecule has 18 heteroatoms. The van der Waals surface area contributed by atoms with E-state index in [1.54, 1.807) is 0 Å². The summed E-state index contributed by atoms with van der Waals surface area (Å²) in [5.41, 5.74) is -14.4. The molecule has 164 valence electrons. The molecule has 0 aliphatic rings. The third-order valence-corrected chi connectivity index (χ3v) is 3.20. The number of aliphatic hydroxyl groups is 2. The van der Waals surface area contributed by atoms with Crippen molar-refractivity contribution in [2.45, 2.75) is 54.2 Å². The van der Waals surface area contributed by atoms with E-state index in [2.05, 4.69) is 0 Å². The van der Waals surface area contributed by atoms with Gasteiger partial charge in [0, 0.05) is 6.42 Å². The molecular weight excluding hydrogens is 444 g/mol. The summed E-state index contributed by atoms with van der Waals surface area (Å²) in [5.74, 6) is -15.5. The molecule has 0 rings (SSSR count). The van der Waals surface area contributed by atoms with Crippen LogP contribution in [-0.2, 0) is 0 Å². The molecule has 0 aromatic rings. The lowest BCUT2D eigenvalue weighted by atomic mass is 9.77. The molecule has 0 aliphatic heterocycles. The number of halogens is 16. The summed E-state index contributed by atoms with van der Waals surface area (Å²) in [6.07, 6.45) is -35.1. The highest BCUT2D eigenvalue weighted by Gasteiger charge is 2.87. The average Bonchev–Trinajstić information content (AvgIpc) is 2.32. The van der Waals surface area contributed by atoms with E-state index in [4.69, 9.17) is 10.2 Å². The first-order valence-electron chi connectivity index (χ1n) is 5.68. The average molecular weight is 448 g/mol. The lowest BCUT2D eigenvalue weighted by molar-refractivity contribution is -0.446. The molecule has 0 saturated heterocycles. The van der Waals surface area contributed by atoms with Gasteiger partial charge in [-0.1, -0.05) is 0 Å². The van der Waals surface area contributed by atoms with Crippen molar-refractivity contribution in [3.8, 4) is 0 Å². The van der Waals surface area contributed by atoms with Crippen LogP contribution < -0.4 is 0 Å². The fourth-order valence-electron chi connectivity index (χ4n) is 1.62. The lowest BCUT2D eigenvalue weighted by Crippen LogP contribution is -2.73. The van der Waals surface area contributed by atoms with E-state index in [1.807, 2.05) is 0 Å². The Kier molecular flexibility index (Phi) is 5.87. The van der Waals surface area contributed by atoms with Crippen LogP contribution in [0, 0.1) is 0 Å². The SMILES string of the molecule is OC(CC(O)(C(F)(F)F)C(F)(F)C(F)(F)F)(C(F)(F)F)C(F)(F)C(F)(F)F. The minimum absolute atomic E-state index is 4.86. The van der Waals surface area contributed by atoms with E-state index in [9.17, 15) is 70.2 Å². The fraction of sp³-hybridized carbons (Fsp3) is 1.00. The first kappa shape index (κ1) is 25.8. The van der Waals surface area contributed by atoms with E-state index >= 15 is 0 Å². The topological polar surface area (TPSA) is 40.5 Å². The molecular formula is C9H4F16O2. The molecule has 0 bridgehead atoms. The minimum Gasteiger partial charge on any atom is -0.375 e. The van der Waals surface area contributed by atoms with Gasteiger partial charge in [-0.25, -0.2) is 0 Å². The number of alkyl halides is 16. The first-order valence-corrected chi connectivity index (χ1v) is 5.68. The highest BCUT2D eigenvalue weighted by molar-refractivity contribution is 5.13. The molecule has 27 heavy (non-hydrogen) atoms.